The molecule has 0 saturated carbocycles. The molecule has 1 amide bonds. The Bertz CT molecular complexity index is 1140. The van der Waals surface area contributed by atoms with E-state index in [4.69, 9.17) is 0 Å². The number of hydrogen-bond donors (Lipinski definition) is 2. The fraction of sp³-hybridized carbons (Fsp3) is 0.273. The van der Waals surface area contributed by atoms with Gasteiger partial charge in [-0.05, 0) is 84.5 Å². The number of hydrogen-bond acceptors (Lipinski definition) is 5. The molecule has 162 valence electrons. The van der Waals surface area contributed by atoms with Crippen LogP contribution in [0.1, 0.15) is 29.0 Å². The van der Waals surface area contributed by atoms with Gasteiger partial charge in [-0.3, -0.25) is 4.79 Å². The first kappa shape index (κ1) is 22.4. The molecule has 0 fully saturated rings. The van der Waals surface area contributed by atoms with Crippen molar-refractivity contribution in [1.82, 2.24) is 9.71 Å². The van der Waals surface area contributed by atoms with Crippen LogP contribution in [0.2, 0.25) is 0 Å². The Morgan fingerprint density at radius 1 is 1.06 bits per heavy atom. The van der Waals surface area contributed by atoms with Crippen LogP contribution in [0.25, 0.3) is 0 Å². The monoisotopic (exact) mass is 567 g/mol. The Labute approximate surface area is 199 Å². The van der Waals surface area contributed by atoms with Crippen molar-refractivity contribution in [2.24, 2.45) is 0 Å². The molecule has 1 aliphatic rings. The molecule has 31 heavy (non-hydrogen) atoms. The van der Waals surface area contributed by atoms with Crippen LogP contribution < -0.4 is 10.0 Å². The van der Waals surface area contributed by atoms with E-state index in [-0.39, 0.29) is 11.3 Å². The predicted octanol–water partition coefficient (Wildman–Crippen LogP) is 4.15. The fourth-order valence-corrected chi connectivity index (χ4v) is 6.11. The number of amides is 1. The second kappa shape index (κ2) is 9.76. The predicted molar refractivity (Wildman–Crippen MR) is 131 cm³/mol. The first-order valence-corrected chi connectivity index (χ1v) is 13.4. The summed E-state index contributed by atoms with van der Waals surface area (Å²) >= 11 is 3.60. The quantitative estimate of drug-likeness (QED) is 0.420. The lowest BCUT2D eigenvalue weighted by molar-refractivity contribution is -0.117. The maximum atomic E-state index is 13.1. The lowest BCUT2D eigenvalue weighted by Gasteiger charge is -2.18. The number of nitrogens with zero attached hydrogens (tertiary/aromatic N) is 1. The van der Waals surface area contributed by atoms with E-state index in [2.05, 4.69) is 37.6 Å². The van der Waals surface area contributed by atoms with Crippen LogP contribution >= 0.6 is 33.9 Å². The van der Waals surface area contributed by atoms with Crippen LogP contribution in [0.15, 0.2) is 59.5 Å². The SMILES string of the molecule is O=C(Nc1nc2c(s1)CCCC2)[C@H](Cc1ccccc1)NS(=O)(=O)c1ccc(I)cc1. The largest absolute Gasteiger partial charge is 0.301 e. The van der Waals surface area contributed by atoms with E-state index in [9.17, 15) is 13.2 Å². The molecule has 0 saturated heterocycles. The summed E-state index contributed by atoms with van der Waals surface area (Å²) in [7, 11) is -3.87. The van der Waals surface area contributed by atoms with Gasteiger partial charge in [0.1, 0.15) is 6.04 Å². The molecule has 6 nitrogen and oxygen atoms in total. The van der Waals surface area contributed by atoms with Crippen molar-refractivity contribution in [3.8, 4) is 0 Å². The maximum Gasteiger partial charge on any atom is 0.244 e. The summed E-state index contributed by atoms with van der Waals surface area (Å²) < 4.78 is 29.4. The van der Waals surface area contributed by atoms with E-state index in [1.165, 1.54) is 28.3 Å². The zero-order valence-electron chi connectivity index (χ0n) is 16.7. The van der Waals surface area contributed by atoms with E-state index in [0.717, 1.165) is 40.5 Å². The van der Waals surface area contributed by atoms with Gasteiger partial charge in [-0.2, -0.15) is 4.72 Å². The van der Waals surface area contributed by atoms with Crippen molar-refractivity contribution in [2.75, 3.05) is 5.32 Å². The molecule has 1 aliphatic carbocycles. The average Bonchev–Trinajstić information content (AvgIpc) is 3.16. The number of rotatable bonds is 7. The molecule has 4 rings (SSSR count). The fourth-order valence-electron chi connectivity index (χ4n) is 3.50. The smallest absolute Gasteiger partial charge is 0.244 e. The Balaban J connectivity index is 1.56. The van der Waals surface area contributed by atoms with Gasteiger partial charge in [-0.15, -0.1) is 11.3 Å². The molecule has 3 aromatic rings. The zero-order chi connectivity index (χ0) is 21.8. The highest BCUT2D eigenvalue weighted by molar-refractivity contribution is 14.1. The third-order valence-corrected chi connectivity index (χ3v) is 8.38. The van der Waals surface area contributed by atoms with Gasteiger partial charge in [0, 0.05) is 8.45 Å². The second-order valence-corrected chi connectivity index (χ2v) is 11.4. The topological polar surface area (TPSA) is 88.2 Å². The normalized spacial score (nSPS) is 14.6. The summed E-state index contributed by atoms with van der Waals surface area (Å²) in [6.07, 6.45) is 4.39. The van der Waals surface area contributed by atoms with Gasteiger partial charge in [-0.1, -0.05) is 30.3 Å². The molecule has 0 radical (unpaired) electrons. The summed E-state index contributed by atoms with van der Waals surface area (Å²) in [6.45, 7) is 0. The number of carbonyl (C=O) groups is 1. The lowest BCUT2D eigenvalue weighted by Crippen LogP contribution is -2.45. The van der Waals surface area contributed by atoms with Crippen LogP contribution in [0.5, 0.6) is 0 Å². The van der Waals surface area contributed by atoms with Gasteiger partial charge in [0.25, 0.3) is 0 Å². The Kier molecular flexibility index (Phi) is 7.05. The number of nitrogens with one attached hydrogen (secondary N) is 2. The first-order valence-electron chi connectivity index (χ1n) is 10.0. The Morgan fingerprint density at radius 3 is 2.48 bits per heavy atom. The van der Waals surface area contributed by atoms with Gasteiger partial charge < -0.3 is 5.32 Å². The van der Waals surface area contributed by atoms with Gasteiger partial charge in [-0.25, -0.2) is 13.4 Å². The van der Waals surface area contributed by atoms with Crippen molar-refractivity contribution in [1.29, 1.82) is 0 Å². The molecule has 1 heterocycles. The summed E-state index contributed by atoms with van der Waals surface area (Å²) in [5.74, 6) is -0.413. The summed E-state index contributed by atoms with van der Waals surface area (Å²) in [4.78, 5) is 19.0. The van der Waals surface area contributed by atoms with Gasteiger partial charge in [0.05, 0.1) is 10.6 Å². The van der Waals surface area contributed by atoms with E-state index >= 15 is 0 Å². The van der Waals surface area contributed by atoms with E-state index in [0.29, 0.717) is 5.13 Å². The van der Waals surface area contributed by atoms with Gasteiger partial charge in [0.15, 0.2) is 5.13 Å². The van der Waals surface area contributed by atoms with Crippen LogP contribution in [0, 0.1) is 3.57 Å². The number of aromatic nitrogens is 1. The van der Waals surface area contributed by atoms with E-state index < -0.39 is 22.0 Å². The minimum absolute atomic E-state index is 0.128. The van der Waals surface area contributed by atoms with Crippen molar-refractivity contribution in [3.63, 3.8) is 0 Å². The molecule has 9 heteroatoms. The minimum Gasteiger partial charge on any atom is -0.301 e. The van der Waals surface area contributed by atoms with Gasteiger partial charge in [0.2, 0.25) is 15.9 Å². The van der Waals surface area contributed by atoms with Crippen LogP contribution in [0.3, 0.4) is 0 Å². The average molecular weight is 567 g/mol. The number of sulfonamides is 1. The Morgan fingerprint density at radius 2 is 1.77 bits per heavy atom. The number of aryl methyl sites for hydroxylation is 2. The molecule has 1 aromatic heterocycles. The summed E-state index contributed by atoms with van der Waals surface area (Å²) in [6, 6.07) is 14.9. The number of thiazole rings is 1. The van der Waals surface area contributed by atoms with Gasteiger partial charge >= 0.3 is 0 Å². The minimum atomic E-state index is -3.87. The van der Waals surface area contributed by atoms with Crippen LogP contribution in [-0.2, 0) is 34.1 Å². The third kappa shape index (κ3) is 5.71. The number of benzene rings is 2. The number of halogens is 1. The molecule has 2 aromatic carbocycles. The number of carbonyl (C=O) groups excluding carboxylic acids is 1. The standard InChI is InChI=1S/C22H22IN3O3S2/c23-16-10-12-17(13-11-16)31(28,29)26-19(14-15-6-2-1-3-7-15)21(27)25-22-24-18-8-4-5-9-20(18)30-22/h1-3,6-7,10-13,19,26H,4-5,8-9,14H2,(H,24,25,27)/t19-/m0/s1. The van der Waals surface area contributed by atoms with Crippen molar-refractivity contribution in [3.05, 3.63) is 74.3 Å². The molecular weight excluding hydrogens is 545 g/mol. The lowest BCUT2D eigenvalue weighted by atomic mass is 10.0. The zero-order valence-corrected chi connectivity index (χ0v) is 20.5. The highest BCUT2D eigenvalue weighted by Gasteiger charge is 2.27. The number of fused-ring (bicyclic) bond motifs is 1. The van der Waals surface area contributed by atoms with E-state index in [1.54, 1.807) is 12.1 Å². The maximum absolute atomic E-state index is 13.1. The molecular formula is C22H22IN3O3S2. The second-order valence-electron chi connectivity index (χ2n) is 7.40. The van der Waals surface area contributed by atoms with Crippen molar-refractivity contribution in [2.45, 2.75) is 43.0 Å². The van der Waals surface area contributed by atoms with Crippen molar-refractivity contribution < 1.29 is 13.2 Å². The highest BCUT2D eigenvalue weighted by Crippen LogP contribution is 2.29. The number of anilines is 1. The molecule has 0 unspecified atom stereocenters. The summed E-state index contributed by atoms with van der Waals surface area (Å²) in [5, 5.41) is 3.37. The third-order valence-electron chi connectivity index (χ3n) is 5.10. The molecule has 0 spiro atoms. The van der Waals surface area contributed by atoms with E-state index in [1.807, 2.05) is 30.3 Å². The molecule has 1 atom stereocenters. The molecule has 2 N–H and O–H groups in total. The molecule has 0 bridgehead atoms. The van der Waals surface area contributed by atoms with Crippen molar-refractivity contribution >= 4 is 55.0 Å². The Hall–Kier alpha value is -1.82. The van der Waals surface area contributed by atoms with Crippen LogP contribution in [-0.4, -0.2) is 25.4 Å². The first-order chi connectivity index (χ1) is 14.9. The van der Waals surface area contributed by atoms with Crippen LogP contribution in [0.4, 0.5) is 5.13 Å². The molecule has 0 aliphatic heterocycles. The highest BCUT2D eigenvalue weighted by atomic mass is 127. The summed E-state index contributed by atoms with van der Waals surface area (Å²) in [5.41, 5.74) is 1.91.